The van der Waals surface area contributed by atoms with Crippen LogP contribution in [-0.4, -0.2) is 25.6 Å². The van der Waals surface area contributed by atoms with Gasteiger partial charge in [-0.15, -0.1) is 0 Å². The van der Waals surface area contributed by atoms with Crippen LogP contribution in [0.5, 0.6) is 0 Å². The average Bonchev–Trinajstić information content (AvgIpc) is 3.19. The Labute approximate surface area is 179 Å². The molecule has 4 saturated carbocycles. The van der Waals surface area contributed by atoms with Crippen LogP contribution < -0.4 is 5.32 Å². The van der Waals surface area contributed by atoms with E-state index in [1.165, 1.54) is 11.0 Å². The van der Waals surface area contributed by atoms with Crippen molar-refractivity contribution >= 4 is 17.5 Å². The number of nitrogens with one attached hydrogen (secondary N) is 1. The molecule has 6 rings (SSSR count). The summed E-state index contributed by atoms with van der Waals surface area (Å²) in [6.07, 6.45) is 0.325. The van der Waals surface area contributed by atoms with E-state index in [2.05, 4.69) is 15.4 Å². The Balaban J connectivity index is 1.46. The zero-order valence-corrected chi connectivity index (χ0v) is 16.7. The fourth-order valence-electron chi connectivity index (χ4n) is 6.37. The second kappa shape index (κ2) is 6.72. The predicted molar refractivity (Wildman–Crippen MR) is 102 cm³/mol. The van der Waals surface area contributed by atoms with E-state index in [0.717, 1.165) is 6.42 Å². The number of carbonyl (C=O) groups excluding carboxylic acids is 1. The van der Waals surface area contributed by atoms with Crippen LogP contribution in [0.4, 0.5) is 29.2 Å². The monoisotopic (exact) mass is 453 g/mol. The van der Waals surface area contributed by atoms with Gasteiger partial charge in [0, 0.05) is 5.10 Å². The molecule has 0 spiro atoms. The topological polar surface area (TPSA) is 103 Å². The first kappa shape index (κ1) is 20.8. The van der Waals surface area contributed by atoms with Crippen molar-refractivity contribution in [3.63, 3.8) is 0 Å². The Morgan fingerprint density at radius 2 is 1.91 bits per heavy atom. The largest absolute Gasteiger partial charge is 0.490 e. The second-order valence-corrected chi connectivity index (χ2v) is 9.36. The van der Waals surface area contributed by atoms with Gasteiger partial charge in [0.2, 0.25) is 12.2 Å². The summed E-state index contributed by atoms with van der Waals surface area (Å²) in [5.41, 5.74) is -3.10. The van der Waals surface area contributed by atoms with Crippen molar-refractivity contribution in [3.05, 3.63) is 46.0 Å². The highest BCUT2D eigenvalue weighted by Gasteiger charge is 2.62. The summed E-state index contributed by atoms with van der Waals surface area (Å²) in [6.45, 7) is 0. The number of carbonyl (C=O) groups is 1. The number of nitro groups is 1. The van der Waals surface area contributed by atoms with Crippen LogP contribution in [0.2, 0.25) is 0 Å². The number of alkyl halides is 3. The molecule has 4 bridgehead atoms. The van der Waals surface area contributed by atoms with Crippen molar-refractivity contribution in [3.8, 4) is 0 Å². The predicted octanol–water partition coefficient (Wildman–Crippen LogP) is 4.28. The molecular weight excluding hydrogens is 434 g/mol. The zero-order chi connectivity index (χ0) is 22.9. The molecule has 0 radical (unpaired) electrons. The maximum atomic E-state index is 14.2. The first-order valence-electron chi connectivity index (χ1n) is 10.2. The number of benzene rings is 1. The van der Waals surface area contributed by atoms with E-state index < -0.39 is 51.0 Å². The highest BCUT2D eigenvalue weighted by molar-refractivity contribution is 5.96. The van der Waals surface area contributed by atoms with Gasteiger partial charge in [-0.25, -0.2) is 4.39 Å². The molecule has 1 aromatic carbocycles. The number of hydrogen-bond donors (Lipinski definition) is 1. The summed E-state index contributed by atoms with van der Waals surface area (Å²) in [6, 6.07) is 1.92. The maximum absolute atomic E-state index is 14.2. The average molecular weight is 453 g/mol. The van der Waals surface area contributed by atoms with Crippen LogP contribution in [-0.2, 0) is 16.5 Å². The molecule has 2 aromatic rings. The van der Waals surface area contributed by atoms with E-state index in [-0.39, 0.29) is 11.8 Å². The van der Waals surface area contributed by atoms with E-state index in [4.69, 9.17) is 0 Å². The summed E-state index contributed by atoms with van der Waals surface area (Å²) in [4.78, 5) is 27.5. The van der Waals surface area contributed by atoms with Gasteiger partial charge in [-0.05, 0) is 73.5 Å². The van der Waals surface area contributed by atoms with Crippen molar-refractivity contribution in [2.45, 2.75) is 50.2 Å². The van der Waals surface area contributed by atoms with Crippen LogP contribution >= 0.6 is 0 Å². The fraction of sp³-hybridized carbons (Fsp3) is 0.550. The molecule has 1 amide bonds. The van der Waals surface area contributed by atoms with Crippen molar-refractivity contribution in [2.24, 2.45) is 17.3 Å². The molecule has 0 aliphatic heterocycles. The molecule has 12 heteroatoms. The van der Waals surface area contributed by atoms with Crippen molar-refractivity contribution in [1.29, 1.82) is 0 Å². The van der Waals surface area contributed by atoms with Gasteiger partial charge in [-0.3, -0.25) is 4.79 Å². The lowest BCUT2D eigenvalue weighted by atomic mass is 9.46. The van der Waals surface area contributed by atoms with Gasteiger partial charge < -0.3 is 15.4 Å². The third kappa shape index (κ3) is 3.23. The van der Waals surface area contributed by atoms with E-state index >= 15 is 0 Å². The molecule has 0 saturated heterocycles. The Morgan fingerprint density at radius 3 is 2.50 bits per heavy atom. The van der Waals surface area contributed by atoms with E-state index in [1.807, 2.05) is 0 Å². The molecule has 32 heavy (non-hydrogen) atoms. The Morgan fingerprint density at radius 1 is 1.22 bits per heavy atom. The minimum absolute atomic E-state index is 0.164. The molecular formula is C20H19F4N5O3. The van der Waals surface area contributed by atoms with Crippen LogP contribution in [0.1, 0.15) is 44.1 Å². The molecule has 4 aliphatic carbocycles. The Kier molecular flexibility index (Phi) is 4.38. The lowest BCUT2D eigenvalue weighted by Gasteiger charge is -2.60. The van der Waals surface area contributed by atoms with E-state index in [1.54, 1.807) is 0 Å². The molecule has 2 atom stereocenters. The number of rotatable bonds is 4. The highest BCUT2D eigenvalue weighted by atomic mass is 19.4. The van der Waals surface area contributed by atoms with Gasteiger partial charge in [0.05, 0.1) is 22.2 Å². The Hall–Kier alpha value is -3.05. The summed E-state index contributed by atoms with van der Waals surface area (Å²) in [5.74, 6) is -1.67. The lowest BCUT2D eigenvalue weighted by Crippen LogP contribution is -2.60. The van der Waals surface area contributed by atoms with E-state index in [0.29, 0.717) is 50.3 Å². The third-order valence-electron chi connectivity index (χ3n) is 7.18. The zero-order valence-electron chi connectivity index (χ0n) is 16.7. The molecule has 1 N–H and O–H groups in total. The second-order valence-electron chi connectivity index (χ2n) is 9.36. The van der Waals surface area contributed by atoms with Crippen molar-refractivity contribution in [2.75, 3.05) is 5.32 Å². The molecule has 1 heterocycles. The van der Waals surface area contributed by atoms with Crippen molar-refractivity contribution in [1.82, 2.24) is 14.8 Å². The van der Waals surface area contributed by atoms with Gasteiger partial charge in [0.15, 0.2) is 0 Å². The first-order valence-corrected chi connectivity index (χ1v) is 10.2. The summed E-state index contributed by atoms with van der Waals surface area (Å²) in [7, 11) is 0. The van der Waals surface area contributed by atoms with Gasteiger partial charge in [-0.2, -0.15) is 17.9 Å². The summed E-state index contributed by atoms with van der Waals surface area (Å²) >= 11 is 0. The third-order valence-corrected chi connectivity index (χ3v) is 7.18. The summed E-state index contributed by atoms with van der Waals surface area (Å²) < 4.78 is 54.9. The summed E-state index contributed by atoms with van der Waals surface area (Å²) in [5, 5.41) is 17.5. The van der Waals surface area contributed by atoms with Crippen LogP contribution in [0.3, 0.4) is 0 Å². The number of amides is 1. The molecule has 4 aliphatic rings. The fourth-order valence-corrected chi connectivity index (χ4v) is 6.37. The SMILES string of the molecule is O=C(Nc1cc(C(F)(F)F)ccc1F)C12C[C@H]3C[C@H](C1)CC(n1cnc([N+](=O)[O-])n1)(C3)C2. The smallest absolute Gasteiger partial charge is 0.390 e. The maximum Gasteiger partial charge on any atom is 0.490 e. The number of aromatic nitrogens is 3. The number of anilines is 1. The van der Waals surface area contributed by atoms with E-state index in [9.17, 15) is 32.5 Å². The molecule has 4 fully saturated rings. The molecule has 1 aromatic heterocycles. The van der Waals surface area contributed by atoms with Crippen LogP contribution in [0, 0.1) is 33.2 Å². The van der Waals surface area contributed by atoms with Crippen LogP contribution in [0.15, 0.2) is 24.5 Å². The minimum Gasteiger partial charge on any atom is -0.390 e. The lowest BCUT2D eigenvalue weighted by molar-refractivity contribution is -0.394. The van der Waals surface area contributed by atoms with Gasteiger partial charge >= 0.3 is 12.1 Å². The minimum atomic E-state index is -4.67. The van der Waals surface area contributed by atoms with Gasteiger partial charge in [0.25, 0.3) is 0 Å². The first-order chi connectivity index (χ1) is 15.0. The quantitative estimate of drug-likeness (QED) is 0.423. The molecule has 8 nitrogen and oxygen atoms in total. The normalized spacial score (nSPS) is 31.0. The number of hydrogen-bond acceptors (Lipinski definition) is 5. The Bertz CT molecular complexity index is 1100. The standard InChI is InChI=1S/C20H19F4N5O3/c21-14-2-1-13(20(22,23)24)4-15(14)26-16(30)18-5-11-3-12(6-18)8-19(7-11,9-18)28-10-25-17(27-28)29(31)32/h1-2,4,10-12H,3,5-9H2,(H,26,30)/t11-,12-,18?,19?/m1/s1. The van der Waals surface area contributed by atoms with Crippen molar-refractivity contribution < 1.29 is 27.3 Å². The van der Waals surface area contributed by atoms with Gasteiger partial charge in [0.1, 0.15) is 5.82 Å². The van der Waals surface area contributed by atoms with Crippen LogP contribution in [0.25, 0.3) is 0 Å². The molecule has 170 valence electrons. The highest BCUT2D eigenvalue weighted by Crippen LogP contribution is 2.64. The number of nitrogens with zero attached hydrogens (tertiary/aromatic N) is 4. The van der Waals surface area contributed by atoms with Gasteiger partial charge in [-0.1, -0.05) is 4.98 Å². The number of halogens is 4. The molecule has 0 unspecified atom stereocenters.